The molecule has 1 aromatic heterocycles. The summed E-state index contributed by atoms with van der Waals surface area (Å²) >= 11 is 1.30. The van der Waals surface area contributed by atoms with Crippen molar-refractivity contribution in [2.24, 2.45) is 0 Å². The van der Waals surface area contributed by atoms with Crippen LogP contribution in [0.5, 0.6) is 11.5 Å². The minimum Gasteiger partial charge on any atom is -0.486 e. The van der Waals surface area contributed by atoms with E-state index in [0.717, 1.165) is 10.6 Å². The number of benzene rings is 1. The molecule has 1 aliphatic rings. The second kappa shape index (κ2) is 5.65. The van der Waals surface area contributed by atoms with Crippen LogP contribution in [-0.4, -0.2) is 29.3 Å². The molecule has 21 heavy (non-hydrogen) atoms. The predicted molar refractivity (Wildman–Crippen MR) is 77.5 cm³/mol. The number of carbonyl (C=O) groups is 1. The van der Waals surface area contributed by atoms with Crippen LogP contribution < -0.4 is 9.47 Å². The fourth-order valence-corrected chi connectivity index (χ4v) is 2.95. The molecule has 1 aliphatic heterocycles. The highest BCUT2D eigenvalue weighted by molar-refractivity contribution is 7.99. The molecule has 5 nitrogen and oxygen atoms in total. The van der Waals surface area contributed by atoms with Crippen LogP contribution in [0.3, 0.4) is 0 Å². The van der Waals surface area contributed by atoms with Gasteiger partial charge in [-0.05, 0) is 37.3 Å². The Bertz CT molecular complexity index is 702. The van der Waals surface area contributed by atoms with Crippen molar-refractivity contribution in [2.75, 3.05) is 13.2 Å². The van der Waals surface area contributed by atoms with Crippen LogP contribution in [0.1, 0.15) is 16.1 Å². The zero-order valence-corrected chi connectivity index (χ0v) is 12.1. The number of aryl methyl sites for hydroxylation is 1. The van der Waals surface area contributed by atoms with E-state index in [2.05, 4.69) is 4.98 Å². The van der Waals surface area contributed by atoms with Gasteiger partial charge in [-0.25, -0.2) is 9.78 Å². The van der Waals surface area contributed by atoms with Crippen molar-refractivity contribution in [3.63, 3.8) is 0 Å². The second-order valence-corrected chi connectivity index (χ2v) is 5.58. The van der Waals surface area contributed by atoms with E-state index in [1.54, 1.807) is 12.1 Å². The first-order chi connectivity index (χ1) is 10.1. The van der Waals surface area contributed by atoms with Crippen LogP contribution in [0.2, 0.25) is 0 Å². The van der Waals surface area contributed by atoms with Gasteiger partial charge in [-0.2, -0.15) is 0 Å². The van der Waals surface area contributed by atoms with Gasteiger partial charge in [0.05, 0.1) is 5.56 Å². The molecular weight excluding hydrogens is 290 g/mol. The lowest BCUT2D eigenvalue weighted by molar-refractivity contribution is 0.0692. The SMILES string of the molecule is Cc1ccc(C(=O)O)c(Sc2ccc3c(c2)OCCO3)n1. The molecule has 0 saturated carbocycles. The molecule has 0 unspecified atom stereocenters. The number of pyridine rings is 1. The van der Waals surface area contributed by atoms with Gasteiger partial charge >= 0.3 is 5.97 Å². The molecular formula is C15H13NO4S. The van der Waals surface area contributed by atoms with Gasteiger partial charge in [-0.1, -0.05) is 11.8 Å². The lowest BCUT2D eigenvalue weighted by atomic mass is 10.2. The fourth-order valence-electron chi connectivity index (χ4n) is 1.97. The molecule has 2 heterocycles. The molecule has 1 aromatic carbocycles. The quantitative estimate of drug-likeness (QED) is 0.940. The number of hydrogen-bond acceptors (Lipinski definition) is 5. The summed E-state index contributed by atoms with van der Waals surface area (Å²) in [5, 5.41) is 9.70. The first-order valence-electron chi connectivity index (χ1n) is 6.42. The predicted octanol–water partition coefficient (Wildman–Crippen LogP) is 3.01. The number of aromatic carboxylic acids is 1. The minimum absolute atomic E-state index is 0.195. The number of carboxylic acid groups (broad SMARTS) is 1. The highest BCUT2D eigenvalue weighted by atomic mass is 32.2. The van der Waals surface area contributed by atoms with Crippen molar-refractivity contribution in [1.29, 1.82) is 0 Å². The van der Waals surface area contributed by atoms with Gasteiger partial charge in [-0.3, -0.25) is 0 Å². The van der Waals surface area contributed by atoms with Gasteiger partial charge in [0.2, 0.25) is 0 Å². The van der Waals surface area contributed by atoms with E-state index in [4.69, 9.17) is 9.47 Å². The standard InChI is InChI=1S/C15H13NO4S/c1-9-2-4-11(15(17)18)14(16-9)21-10-3-5-12-13(8-10)20-7-6-19-12/h2-5,8H,6-7H2,1H3,(H,17,18). The summed E-state index contributed by atoms with van der Waals surface area (Å²) in [7, 11) is 0. The summed E-state index contributed by atoms with van der Waals surface area (Å²) in [5.41, 5.74) is 0.973. The molecule has 1 N–H and O–H groups in total. The van der Waals surface area contributed by atoms with Crippen molar-refractivity contribution < 1.29 is 19.4 Å². The first-order valence-corrected chi connectivity index (χ1v) is 7.23. The maximum Gasteiger partial charge on any atom is 0.338 e. The van der Waals surface area contributed by atoms with Crippen LogP contribution in [0.4, 0.5) is 0 Å². The number of ether oxygens (including phenoxy) is 2. The highest BCUT2D eigenvalue weighted by Gasteiger charge is 2.16. The van der Waals surface area contributed by atoms with Crippen molar-refractivity contribution in [3.8, 4) is 11.5 Å². The monoisotopic (exact) mass is 303 g/mol. The largest absolute Gasteiger partial charge is 0.486 e. The Morgan fingerprint density at radius 2 is 1.95 bits per heavy atom. The Balaban J connectivity index is 1.93. The number of rotatable bonds is 3. The van der Waals surface area contributed by atoms with E-state index < -0.39 is 5.97 Å². The molecule has 108 valence electrons. The molecule has 0 aliphatic carbocycles. The molecule has 0 atom stereocenters. The molecule has 2 aromatic rings. The third kappa shape index (κ3) is 2.95. The smallest absolute Gasteiger partial charge is 0.338 e. The zero-order valence-electron chi connectivity index (χ0n) is 11.3. The molecule has 0 saturated heterocycles. The Hall–Kier alpha value is -2.21. The van der Waals surface area contributed by atoms with Crippen LogP contribution in [0.25, 0.3) is 0 Å². The van der Waals surface area contributed by atoms with Gasteiger partial charge in [0.15, 0.2) is 11.5 Å². The topological polar surface area (TPSA) is 68.7 Å². The van der Waals surface area contributed by atoms with Gasteiger partial charge in [0, 0.05) is 10.6 Å². The third-order valence-corrected chi connectivity index (χ3v) is 3.95. The number of hydrogen-bond donors (Lipinski definition) is 1. The first kappa shape index (κ1) is 13.8. The van der Waals surface area contributed by atoms with E-state index in [1.807, 2.05) is 25.1 Å². The molecule has 0 fully saturated rings. The summed E-state index contributed by atoms with van der Waals surface area (Å²) in [6.45, 7) is 2.89. The normalized spacial score (nSPS) is 13.0. The molecule has 3 rings (SSSR count). The average molecular weight is 303 g/mol. The molecule has 0 bridgehead atoms. The Morgan fingerprint density at radius 3 is 2.71 bits per heavy atom. The van der Waals surface area contributed by atoms with Crippen molar-refractivity contribution in [3.05, 3.63) is 41.6 Å². The Labute approximate surface area is 125 Å². The maximum atomic E-state index is 11.3. The molecule has 0 amide bonds. The number of carboxylic acids is 1. The Morgan fingerprint density at radius 1 is 1.19 bits per heavy atom. The second-order valence-electron chi connectivity index (χ2n) is 4.52. The Kier molecular flexibility index (Phi) is 3.70. The lowest BCUT2D eigenvalue weighted by Crippen LogP contribution is -2.15. The number of nitrogens with zero attached hydrogens (tertiary/aromatic N) is 1. The lowest BCUT2D eigenvalue weighted by Gasteiger charge is -2.18. The van der Waals surface area contributed by atoms with E-state index >= 15 is 0 Å². The highest BCUT2D eigenvalue weighted by Crippen LogP contribution is 2.37. The zero-order chi connectivity index (χ0) is 14.8. The van der Waals surface area contributed by atoms with Gasteiger partial charge in [0.25, 0.3) is 0 Å². The van der Waals surface area contributed by atoms with E-state index in [9.17, 15) is 9.90 Å². The van der Waals surface area contributed by atoms with Gasteiger partial charge in [0.1, 0.15) is 18.2 Å². The minimum atomic E-state index is -0.984. The van der Waals surface area contributed by atoms with E-state index in [-0.39, 0.29) is 5.56 Å². The summed E-state index contributed by atoms with van der Waals surface area (Å²) < 4.78 is 11.0. The molecule has 0 spiro atoms. The average Bonchev–Trinajstić information content (AvgIpc) is 2.47. The maximum absolute atomic E-state index is 11.3. The van der Waals surface area contributed by atoms with Crippen molar-refractivity contribution >= 4 is 17.7 Å². The summed E-state index contributed by atoms with van der Waals surface area (Å²) in [4.78, 5) is 16.4. The summed E-state index contributed by atoms with van der Waals surface area (Å²) in [5.74, 6) is 0.402. The van der Waals surface area contributed by atoms with Gasteiger partial charge < -0.3 is 14.6 Å². The summed E-state index contributed by atoms with van der Waals surface area (Å²) in [6.07, 6.45) is 0. The van der Waals surface area contributed by atoms with Crippen molar-refractivity contribution in [1.82, 2.24) is 4.98 Å². The van der Waals surface area contributed by atoms with Crippen molar-refractivity contribution in [2.45, 2.75) is 16.8 Å². The molecule has 6 heteroatoms. The van der Waals surface area contributed by atoms with Crippen LogP contribution in [0.15, 0.2) is 40.3 Å². The van der Waals surface area contributed by atoms with E-state index in [1.165, 1.54) is 11.8 Å². The van der Waals surface area contributed by atoms with E-state index in [0.29, 0.717) is 29.7 Å². The van der Waals surface area contributed by atoms with Crippen LogP contribution >= 0.6 is 11.8 Å². The number of aromatic nitrogens is 1. The van der Waals surface area contributed by atoms with Crippen LogP contribution in [0, 0.1) is 6.92 Å². The fraction of sp³-hybridized carbons (Fsp3) is 0.200. The number of fused-ring (bicyclic) bond motifs is 1. The molecule has 0 radical (unpaired) electrons. The van der Waals surface area contributed by atoms with Gasteiger partial charge in [-0.15, -0.1) is 0 Å². The summed E-state index contributed by atoms with van der Waals surface area (Å²) in [6, 6.07) is 8.80. The van der Waals surface area contributed by atoms with Crippen LogP contribution in [-0.2, 0) is 0 Å². The third-order valence-electron chi connectivity index (χ3n) is 2.96.